The maximum absolute atomic E-state index is 11.7. The van der Waals surface area contributed by atoms with Crippen molar-refractivity contribution in [2.45, 2.75) is 11.4 Å². The summed E-state index contributed by atoms with van der Waals surface area (Å²) in [6, 6.07) is 6.43. The highest BCUT2D eigenvalue weighted by atomic mass is 32.2. The van der Waals surface area contributed by atoms with E-state index in [0.717, 1.165) is 11.8 Å². The normalized spacial score (nSPS) is 11.2. The number of hydrogen-bond donors (Lipinski definition) is 1. The molecule has 1 aromatic heterocycles. The number of nitrogens with zero attached hydrogens (tertiary/aromatic N) is 1. The number of carbonyl (C=O) groups is 1. The topological polar surface area (TPSA) is 76.1 Å². The molecule has 100 valence electrons. The molecular weight excluding hydrogens is 284 g/mol. The second-order valence-electron chi connectivity index (χ2n) is 3.96. The van der Waals surface area contributed by atoms with Gasteiger partial charge < -0.3 is 5.32 Å². The quantitative estimate of drug-likeness (QED) is 0.927. The molecule has 2 rings (SSSR count). The van der Waals surface area contributed by atoms with Crippen molar-refractivity contribution in [1.29, 1.82) is 0 Å². The van der Waals surface area contributed by atoms with Gasteiger partial charge in [-0.25, -0.2) is 8.42 Å². The molecule has 0 aliphatic heterocycles. The number of thiazole rings is 1. The van der Waals surface area contributed by atoms with E-state index in [2.05, 4.69) is 10.3 Å². The first-order chi connectivity index (χ1) is 8.97. The molecule has 0 saturated heterocycles. The summed E-state index contributed by atoms with van der Waals surface area (Å²) in [5, 5.41) is 2.74. The van der Waals surface area contributed by atoms with E-state index >= 15 is 0 Å². The van der Waals surface area contributed by atoms with Gasteiger partial charge in [-0.15, -0.1) is 11.3 Å². The van der Waals surface area contributed by atoms with Crippen molar-refractivity contribution >= 4 is 27.1 Å². The molecule has 0 bridgehead atoms. The molecule has 0 saturated carbocycles. The molecule has 5 nitrogen and oxygen atoms in total. The van der Waals surface area contributed by atoms with E-state index in [1.165, 1.54) is 29.7 Å². The van der Waals surface area contributed by atoms with Crippen LogP contribution in [0.4, 0.5) is 0 Å². The van der Waals surface area contributed by atoms with Crippen LogP contribution in [0.2, 0.25) is 0 Å². The van der Waals surface area contributed by atoms with Crippen LogP contribution in [-0.2, 0) is 16.4 Å². The fourth-order valence-electron chi connectivity index (χ4n) is 1.45. The SMILES string of the molecule is CS(=O)(=O)c1ccc(CNC(=O)c2cncs2)cc1. The average Bonchev–Trinajstić information content (AvgIpc) is 2.89. The summed E-state index contributed by atoms with van der Waals surface area (Å²) >= 11 is 1.27. The van der Waals surface area contributed by atoms with Gasteiger partial charge in [0.25, 0.3) is 5.91 Å². The number of aromatic nitrogens is 1. The third-order valence-electron chi connectivity index (χ3n) is 2.46. The van der Waals surface area contributed by atoms with Gasteiger partial charge in [-0.1, -0.05) is 12.1 Å². The molecule has 1 aromatic carbocycles. The van der Waals surface area contributed by atoms with Crippen molar-refractivity contribution in [2.24, 2.45) is 0 Å². The Labute approximate surface area is 115 Å². The van der Waals surface area contributed by atoms with E-state index in [4.69, 9.17) is 0 Å². The summed E-state index contributed by atoms with van der Waals surface area (Å²) in [7, 11) is -3.18. The van der Waals surface area contributed by atoms with E-state index in [1.807, 2.05) is 0 Å². The molecule has 7 heteroatoms. The van der Waals surface area contributed by atoms with E-state index < -0.39 is 9.84 Å². The van der Waals surface area contributed by atoms with Crippen molar-refractivity contribution in [3.8, 4) is 0 Å². The lowest BCUT2D eigenvalue weighted by Crippen LogP contribution is -2.21. The summed E-state index contributed by atoms with van der Waals surface area (Å²) < 4.78 is 22.6. The monoisotopic (exact) mass is 296 g/mol. The predicted octanol–water partition coefficient (Wildman–Crippen LogP) is 1.48. The molecule has 1 N–H and O–H groups in total. The zero-order valence-corrected chi connectivity index (χ0v) is 11.8. The Morgan fingerprint density at radius 3 is 2.53 bits per heavy atom. The van der Waals surface area contributed by atoms with Gasteiger partial charge in [0.2, 0.25) is 0 Å². The smallest absolute Gasteiger partial charge is 0.263 e. The van der Waals surface area contributed by atoms with Crippen LogP contribution in [0.25, 0.3) is 0 Å². The lowest BCUT2D eigenvalue weighted by Gasteiger charge is -2.04. The number of amides is 1. The molecule has 0 radical (unpaired) electrons. The van der Waals surface area contributed by atoms with Gasteiger partial charge in [0.15, 0.2) is 9.84 Å². The summed E-state index contributed by atoms with van der Waals surface area (Å²) in [6.45, 7) is 0.348. The summed E-state index contributed by atoms with van der Waals surface area (Å²) in [5.74, 6) is -0.185. The lowest BCUT2D eigenvalue weighted by molar-refractivity contribution is 0.0954. The van der Waals surface area contributed by atoms with Gasteiger partial charge in [-0.3, -0.25) is 9.78 Å². The Kier molecular flexibility index (Phi) is 3.96. The predicted molar refractivity (Wildman–Crippen MR) is 72.8 cm³/mol. The Balaban J connectivity index is 1.99. The maximum atomic E-state index is 11.7. The minimum atomic E-state index is -3.18. The van der Waals surface area contributed by atoms with Crippen molar-refractivity contribution in [2.75, 3.05) is 6.26 Å². The fraction of sp³-hybridized carbons (Fsp3) is 0.167. The van der Waals surface area contributed by atoms with E-state index in [1.54, 1.807) is 17.6 Å². The molecule has 2 aromatic rings. The van der Waals surface area contributed by atoms with Crippen LogP contribution in [0.1, 0.15) is 15.2 Å². The molecule has 1 heterocycles. The van der Waals surface area contributed by atoms with Crippen LogP contribution < -0.4 is 5.32 Å². The fourth-order valence-corrected chi connectivity index (χ4v) is 2.62. The van der Waals surface area contributed by atoms with Crippen LogP contribution in [0.15, 0.2) is 40.9 Å². The van der Waals surface area contributed by atoms with Crippen molar-refractivity contribution in [3.05, 3.63) is 46.4 Å². The highest BCUT2D eigenvalue weighted by Crippen LogP contribution is 2.11. The first kappa shape index (κ1) is 13.7. The van der Waals surface area contributed by atoms with Gasteiger partial charge >= 0.3 is 0 Å². The molecule has 19 heavy (non-hydrogen) atoms. The molecule has 0 aliphatic carbocycles. The van der Waals surface area contributed by atoms with Crippen LogP contribution in [-0.4, -0.2) is 25.6 Å². The van der Waals surface area contributed by atoms with E-state index in [9.17, 15) is 13.2 Å². The number of benzene rings is 1. The Morgan fingerprint density at radius 2 is 2.00 bits per heavy atom. The van der Waals surface area contributed by atoms with Gasteiger partial charge in [0.05, 0.1) is 16.6 Å². The Bertz CT molecular complexity index is 662. The molecular formula is C12H12N2O3S2. The largest absolute Gasteiger partial charge is 0.347 e. The molecule has 1 amide bonds. The molecule has 0 spiro atoms. The lowest BCUT2D eigenvalue weighted by atomic mass is 10.2. The van der Waals surface area contributed by atoms with Gasteiger partial charge in [-0.05, 0) is 17.7 Å². The summed E-state index contributed by atoms with van der Waals surface area (Å²) in [5.41, 5.74) is 2.43. The minimum Gasteiger partial charge on any atom is -0.347 e. The van der Waals surface area contributed by atoms with E-state index in [0.29, 0.717) is 11.4 Å². The van der Waals surface area contributed by atoms with Crippen LogP contribution in [0.3, 0.4) is 0 Å². The number of nitrogens with one attached hydrogen (secondary N) is 1. The molecule has 0 aliphatic rings. The van der Waals surface area contributed by atoms with Crippen molar-refractivity contribution in [1.82, 2.24) is 10.3 Å². The number of carbonyl (C=O) groups excluding carboxylic acids is 1. The highest BCUT2D eigenvalue weighted by Gasteiger charge is 2.08. The maximum Gasteiger partial charge on any atom is 0.263 e. The molecule has 0 fully saturated rings. The molecule has 0 unspecified atom stereocenters. The standard InChI is InChI=1S/C12H12N2O3S2/c1-19(16,17)10-4-2-9(3-5-10)6-14-12(15)11-7-13-8-18-11/h2-5,7-8H,6H2,1H3,(H,14,15). The second-order valence-corrected chi connectivity index (χ2v) is 6.87. The molecule has 0 atom stereocenters. The van der Waals surface area contributed by atoms with Crippen LogP contribution in [0.5, 0.6) is 0 Å². The second kappa shape index (κ2) is 5.50. The first-order valence-electron chi connectivity index (χ1n) is 5.42. The Hall–Kier alpha value is -1.73. The first-order valence-corrected chi connectivity index (χ1v) is 8.19. The van der Waals surface area contributed by atoms with Crippen LogP contribution >= 0.6 is 11.3 Å². The third-order valence-corrected chi connectivity index (χ3v) is 4.36. The van der Waals surface area contributed by atoms with Gasteiger partial charge in [0, 0.05) is 12.8 Å². The zero-order valence-electron chi connectivity index (χ0n) is 10.2. The Morgan fingerprint density at radius 1 is 1.32 bits per heavy atom. The van der Waals surface area contributed by atoms with Crippen molar-refractivity contribution < 1.29 is 13.2 Å². The van der Waals surface area contributed by atoms with Gasteiger partial charge in [-0.2, -0.15) is 0 Å². The van der Waals surface area contributed by atoms with Crippen LogP contribution in [0, 0.1) is 0 Å². The minimum absolute atomic E-state index is 0.185. The average molecular weight is 296 g/mol. The summed E-state index contributed by atoms with van der Waals surface area (Å²) in [4.78, 5) is 16.3. The zero-order chi connectivity index (χ0) is 13.9. The highest BCUT2D eigenvalue weighted by molar-refractivity contribution is 7.90. The third kappa shape index (κ3) is 3.62. The van der Waals surface area contributed by atoms with Crippen molar-refractivity contribution in [3.63, 3.8) is 0 Å². The van der Waals surface area contributed by atoms with E-state index in [-0.39, 0.29) is 10.8 Å². The van der Waals surface area contributed by atoms with Gasteiger partial charge in [0.1, 0.15) is 4.88 Å². The number of hydrogen-bond acceptors (Lipinski definition) is 5. The summed E-state index contributed by atoms with van der Waals surface area (Å²) in [6.07, 6.45) is 2.67. The number of rotatable bonds is 4. The number of sulfone groups is 1.